The Morgan fingerprint density at radius 2 is 1.86 bits per heavy atom. The van der Waals surface area contributed by atoms with Crippen molar-refractivity contribution in [2.45, 2.75) is 71.1 Å². The number of nitrogens with zero attached hydrogens (tertiary/aromatic N) is 1. The van der Waals surface area contributed by atoms with E-state index in [0.717, 1.165) is 13.0 Å². The molecule has 0 saturated carbocycles. The molecular weight excluding hydrogens is 286 g/mol. The predicted molar refractivity (Wildman–Crippen MR) is 91.6 cm³/mol. The summed E-state index contributed by atoms with van der Waals surface area (Å²) < 4.78 is 22.6. The van der Waals surface area contributed by atoms with Crippen LogP contribution in [0.4, 0.5) is 0 Å². The molecule has 0 aromatic heterocycles. The Bertz CT molecular complexity index is 417. The first-order valence-corrected chi connectivity index (χ1v) is 9.77. The van der Waals surface area contributed by atoms with Crippen LogP contribution in [0.5, 0.6) is 0 Å². The molecule has 5 nitrogen and oxygen atoms in total. The van der Waals surface area contributed by atoms with Crippen LogP contribution in [0, 0.1) is 0 Å². The first kappa shape index (κ1) is 20.2. The molecule has 1 atom stereocenters. The highest BCUT2D eigenvalue weighted by atomic mass is 32.2. The van der Waals surface area contributed by atoms with Crippen molar-refractivity contribution >= 4 is 15.8 Å². The molecule has 126 valence electrons. The average Bonchev–Trinajstić information content (AvgIpc) is 2.35. The van der Waals surface area contributed by atoms with Gasteiger partial charge in [0.2, 0.25) is 0 Å². The van der Waals surface area contributed by atoms with E-state index in [0.29, 0.717) is 12.0 Å². The Kier molecular flexibility index (Phi) is 8.94. The molecule has 0 saturated heterocycles. The highest BCUT2D eigenvalue weighted by Gasteiger charge is 2.30. The van der Waals surface area contributed by atoms with Gasteiger partial charge in [0.05, 0.1) is 11.3 Å². The summed E-state index contributed by atoms with van der Waals surface area (Å²) in [4.78, 5) is 4.44. The molecule has 21 heavy (non-hydrogen) atoms. The van der Waals surface area contributed by atoms with E-state index in [9.17, 15) is 8.42 Å². The van der Waals surface area contributed by atoms with E-state index in [1.54, 1.807) is 13.8 Å². The summed E-state index contributed by atoms with van der Waals surface area (Å²) in [5.41, 5.74) is 0. The van der Waals surface area contributed by atoms with Crippen LogP contribution in [0.2, 0.25) is 0 Å². The normalized spacial score (nSPS) is 14.9. The van der Waals surface area contributed by atoms with Crippen LogP contribution in [-0.2, 0) is 9.84 Å². The van der Waals surface area contributed by atoms with Gasteiger partial charge in [-0.3, -0.25) is 4.99 Å². The summed E-state index contributed by atoms with van der Waals surface area (Å²) in [7, 11) is -3.12. The number of sulfone groups is 1. The second-order valence-electron chi connectivity index (χ2n) is 6.27. The van der Waals surface area contributed by atoms with E-state index in [-0.39, 0.29) is 6.54 Å². The molecule has 0 aromatic carbocycles. The first-order chi connectivity index (χ1) is 9.64. The molecule has 0 heterocycles. The van der Waals surface area contributed by atoms with E-state index in [1.165, 1.54) is 25.5 Å². The van der Waals surface area contributed by atoms with Crippen LogP contribution in [-0.4, -0.2) is 44.5 Å². The van der Waals surface area contributed by atoms with Crippen molar-refractivity contribution in [3.63, 3.8) is 0 Å². The fourth-order valence-electron chi connectivity index (χ4n) is 1.71. The third kappa shape index (κ3) is 8.29. The van der Waals surface area contributed by atoms with Gasteiger partial charge in [-0.15, -0.1) is 0 Å². The van der Waals surface area contributed by atoms with Crippen molar-refractivity contribution in [3.05, 3.63) is 0 Å². The second-order valence-corrected chi connectivity index (χ2v) is 8.92. The van der Waals surface area contributed by atoms with Crippen molar-refractivity contribution in [3.8, 4) is 0 Å². The van der Waals surface area contributed by atoms with E-state index in [4.69, 9.17) is 0 Å². The third-order valence-electron chi connectivity index (χ3n) is 3.59. The SMILES string of the molecule is CCCCCC(C)NC(=NCC(C)(C)S(C)(=O)=O)NCC. The van der Waals surface area contributed by atoms with Crippen molar-refractivity contribution in [1.29, 1.82) is 0 Å². The Hall–Kier alpha value is -0.780. The number of unbranched alkanes of at least 4 members (excludes halogenated alkanes) is 2. The molecule has 6 heteroatoms. The summed E-state index contributed by atoms with van der Waals surface area (Å²) in [5, 5.41) is 6.52. The van der Waals surface area contributed by atoms with Gasteiger partial charge >= 0.3 is 0 Å². The van der Waals surface area contributed by atoms with Crippen molar-refractivity contribution in [2.75, 3.05) is 19.3 Å². The summed E-state index contributed by atoms with van der Waals surface area (Å²) in [6.45, 7) is 10.7. The number of rotatable bonds is 9. The van der Waals surface area contributed by atoms with Gasteiger partial charge in [-0.25, -0.2) is 8.42 Å². The van der Waals surface area contributed by atoms with Gasteiger partial charge in [0.15, 0.2) is 15.8 Å². The molecular formula is C15H33N3O2S. The third-order valence-corrected chi connectivity index (χ3v) is 5.73. The highest BCUT2D eigenvalue weighted by Crippen LogP contribution is 2.15. The number of aliphatic imine (C=N–C) groups is 1. The van der Waals surface area contributed by atoms with Crippen LogP contribution in [0.15, 0.2) is 4.99 Å². The minimum absolute atomic E-state index is 0.253. The highest BCUT2D eigenvalue weighted by molar-refractivity contribution is 7.92. The zero-order chi connectivity index (χ0) is 16.5. The summed E-state index contributed by atoms with van der Waals surface area (Å²) in [6.07, 6.45) is 5.99. The zero-order valence-corrected chi connectivity index (χ0v) is 15.3. The van der Waals surface area contributed by atoms with Gasteiger partial charge in [-0.1, -0.05) is 26.2 Å². The number of hydrogen-bond donors (Lipinski definition) is 2. The van der Waals surface area contributed by atoms with E-state index in [2.05, 4.69) is 29.5 Å². The molecule has 0 fully saturated rings. The largest absolute Gasteiger partial charge is 0.357 e. The lowest BCUT2D eigenvalue weighted by atomic mass is 10.1. The lowest BCUT2D eigenvalue weighted by Gasteiger charge is -2.22. The number of nitrogens with one attached hydrogen (secondary N) is 2. The van der Waals surface area contributed by atoms with Gasteiger partial charge in [0, 0.05) is 18.8 Å². The average molecular weight is 320 g/mol. The molecule has 0 aliphatic rings. The lowest BCUT2D eigenvalue weighted by molar-refractivity contribution is 0.541. The fraction of sp³-hybridized carbons (Fsp3) is 0.933. The van der Waals surface area contributed by atoms with Gasteiger partial charge in [0.1, 0.15) is 0 Å². The van der Waals surface area contributed by atoms with E-state index >= 15 is 0 Å². The summed E-state index contributed by atoms with van der Waals surface area (Å²) >= 11 is 0. The molecule has 0 aromatic rings. The number of hydrogen-bond acceptors (Lipinski definition) is 3. The summed E-state index contributed by atoms with van der Waals surface area (Å²) in [5.74, 6) is 0.693. The molecule has 0 radical (unpaired) electrons. The molecule has 0 amide bonds. The lowest BCUT2D eigenvalue weighted by Crippen LogP contribution is -2.44. The van der Waals surface area contributed by atoms with Crippen LogP contribution in [0.3, 0.4) is 0 Å². The molecule has 1 unspecified atom stereocenters. The van der Waals surface area contributed by atoms with Gasteiger partial charge in [-0.05, 0) is 34.1 Å². The number of guanidine groups is 1. The molecule has 0 aliphatic carbocycles. The standard InChI is InChI=1S/C15H33N3O2S/c1-7-9-10-11-13(3)18-14(16-8-2)17-12-15(4,5)21(6,19)20/h13H,7-12H2,1-6H3,(H2,16,17,18). The fourth-order valence-corrected chi connectivity index (χ4v) is 2.01. The van der Waals surface area contributed by atoms with Gasteiger partial charge < -0.3 is 10.6 Å². The summed E-state index contributed by atoms with van der Waals surface area (Å²) in [6, 6.07) is 0.329. The first-order valence-electron chi connectivity index (χ1n) is 7.88. The zero-order valence-electron chi connectivity index (χ0n) is 14.5. The molecule has 0 rings (SSSR count). The van der Waals surface area contributed by atoms with Crippen LogP contribution < -0.4 is 10.6 Å². The monoisotopic (exact) mass is 319 g/mol. The minimum atomic E-state index is -3.12. The van der Waals surface area contributed by atoms with E-state index < -0.39 is 14.6 Å². The van der Waals surface area contributed by atoms with Crippen LogP contribution >= 0.6 is 0 Å². The maximum Gasteiger partial charge on any atom is 0.191 e. The Balaban J connectivity index is 4.63. The predicted octanol–water partition coefficient (Wildman–Crippen LogP) is 2.33. The van der Waals surface area contributed by atoms with Gasteiger partial charge in [-0.2, -0.15) is 0 Å². The van der Waals surface area contributed by atoms with Gasteiger partial charge in [0.25, 0.3) is 0 Å². The maximum atomic E-state index is 11.7. The topological polar surface area (TPSA) is 70.6 Å². The Morgan fingerprint density at radius 1 is 1.24 bits per heavy atom. The second kappa shape index (κ2) is 9.28. The Labute approximate surface area is 130 Å². The molecule has 0 aliphatic heterocycles. The molecule has 0 spiro atoms. The molecule has 2 N–H and O–H groups in total. The van der Waals surface area contributed by atoms with Crippen LogP contribution in [0.1, 0.15) is 60.3 Å². The Morgan fingerprint density at radius 3 is 2.33 bits per heavy atom. The maximum absolute atomic E-state index is 11.7. The quantitative estimate of drug-likeness (QED) is 0.389. The van der Waals surface area contributed by atoms with Crippen LogP contribution in [0.25, 0.3) is 0 Å². The minimum Gasteiger partial charge on any atom is -0.357 e. The van der Waals surface area contributed by atoms with E-state index in [1.807, 2.05) is 6.92 Å². The van der Waals surface area contributed by atoms with Crippen molar-refractivity contribution in [2.24, 2.45) is 4.99 Å². The molecule has 0 bridgehead atoms. The van der Waals surface area contributed by atoms with Crippen molar-refractivity contribution < 1.29 is 8.42 Å². The van der Waals surface area contributed by atoms with Crippen molar-refractivity contribution in [1.82, 2.24) is 10.6 Å². The smallest absolute Gasteiger partial charge is 0.191 e.